The van der Waals surface area contributed by atoms with E-state index in [0.717, 1.165) is 16.8 Å². The normalized spacial score (nSPS) is 29.7. The molecule has 0 aromatic heterocycles. The quantitative estimate of drug-likeness (QED) is 0.508. The summed E-state index contributed by atoms with van der Waals surface area (Å²) in [4.78, 5) is 37.2. The number of amides is 1. The van der Waals surface area contributed by atoms with Crippen LogP contribution in [0.4, 0.5) is 5.69 Å². The van der Waals surface area contributed by atoms with Crippen molar-refractivity contribution in [1.82, 2.24) is 5.32 Å². The number of fused-ring (bicyclic) bond motifs is 1. The standard InChI is InChI=1S/C25H27N3O5/c26-23(30)19-10-25(19)9-17(24(31)32)21(28-13-25)22(29)18-11-27-20-7-6-15(8-16(18)20)33-12-14-4-2-1-3-5-14/h1-8,17-19,21,27-28H,9-13H2,(H2,26,30)(H,31,32). The Morgan fingerprint density at radius 3 is 2.61 bits per heavy atom. The second kappa shape index (κ2) is 8.19. The fourth-order valence-electron chi connectivity index (χ4n) is 5.40. The second-order valence-corrected chi connectivity index (χ2v) is 9.39. The molecule has 172 valence electrons. The van der Waals surface area contributed by atoms with Gasteiger partial charge in [0, 0.05) is 24.7 Å². The van der Waals surface area contributed by atoms with Gasteiger partial charge in [-0.15, -0.1) is 0 Å². The van der Waals surface area contributed by atoms with Gasteiger partial charge in [-0.25, -0.2) is 0 Å². The van der Waals surface area contributed by atoms with E-state index < -0.39 is 35.2 Å². The summed E-state index contributed by atoms with van der Waals surface area (Å²) < 4.78 is 5.93. The highest BCUT2D eigenvalue weighted by atomic mass is 16.5. The fourth-order valence-corrected chi connectivity index (χ4v) is 5.40. The predicted octanol–water partition coefficient (Wildman–Crippen LogP) is 1.90. The molecule has 1 spiro atoms. The third kappa shape index (κ3) is 3.95. The number of carboxylic acid groups (broad SMARTS) is 1. The molecule has 2 heterocycles. The number of nitrogens with one attached hydrogen (secondary N) is 2. The minimum Gasteiger partial charge on any atom is -0.489 e. The molecule has 8 nitrogen and oxygen atoms in total. The minimum absolute atomic E-state index is 0.153. The van der Waals surface area contributed by atoms with Crippen LogP contribution >= 0.6 is 0 Å². The van der Waals surface area contributed by atoms with Crippen molar-refractivity contribution in [3.63, 3.8) is 0 Å². The van der Waals surface area contributed by atoms with Crippen LogP contribution in [0.1, 0.15) is 29.9 Å². The Morgan fingerprint density at radius 2 is 1.91 bits per heavy atom. The number of carbonyl (C=O) groups is 3. The largest absolute Gasteiger partial charge is 0.489 e. The molecule has 2 aliphatic heterocycles. The number of primary amides is 1. The topological polar surface area (TPSA) is 131 Å². The molecule has 1 saturated heterocycles. The van der Waals surface area contributed by atoms with E-state index in [1.54, 1.807) is 0 Å². The van der Waals surface area contributed by atoms with Crippen molar-refractivity contribution in [3.05, 3.63) is 59.7 Å². The van der Waals surface area contributed by atoms with Crippen LogP contribution in [0.25, 0.3) is 0 Å². The van der Waals surface area contributed by atoms with Gasteiger partial charge in [0.05, 0.1) is 17.9 Å². The van der Waals surface area contributed by atoms with Crippen LogP contribution in [-0.2, 0) is 21.0 Å². The van der Waals surface area contributed by atoms with E-state index in [4.69, 9.17) is 10.5 Å². The molecule has 2 aromatic carbocycles. The molecule has 3 aliphatic rings. The van der Waals surface area contributed by atoms with Gasteiger partial charge in [-0.1, -0.05) is 30.3 Å². The minimum atomic E-state index is -1.03. The van der Waals surface area contributed by atoms with Gasteiger partial charge >= 0.3 is 5.97 Å². The number of rotatable bonds is 7. The van der Waals surface area contributed by atoms with Crippen molar-refractivity contribution in [1.29, 1.82) is 0 Å². The lowest BCUT2D eigenvalue weighted by atomic mass is 9.76. The maximum absolute atomic E-state index is 13.5. The van der Waals surface area contributed by atoms with Crippen molar-refractivity contribution < 1.29 is 24.2 Å². The van der Waals surface area contributed by atoms with Crippen LogP contribution in [0.3, 0.4) is 0 Å². The molecule has 1 aliphatic carbocycles. The molecule has 5 rings (SSSR count). The zero-order valence-corrected chi connectivity index (χ0v) is 18.1. The van der Waals surface area contributed by atoms with Crippen molar-refractivity contribution in [2.24, 2.45) is 23.0 Å². The molecule has 8 heteroatoms. The number of nitrogens with two attached hydrogens (primary N) is 1. The highest BCUT2D eigenvalue weighted by molar-refractivity contribution is 5.97. The van der Waals surface area contributed by atoms with E-state index in [1.807, 2.05) is 48.5 Å². The molecular weight excluding hydrogens is 422 g/mol. The van der Waals surface area contributed by atoms with Crippen molar-refractivity contribution >= 4 is 23.3 Å². The summed E-state index contributed by atoms with van der Waals surface area (Å²) in [6, 6.07) is 14.6. The van der Waals surface area contributed by atoms with Crippen LogP contribution in [0, 0.1) is 17.3 Å². The lowest BCUT2D eigenvalue weighted by Gasteiger charge is -2.36. The molecule has 5 unspecified atom stereocenters. The molecule has 5 atom stereocenters. The maximum Gasteiger partial charge on any atom is 0.308 e. The van der Waals surface area contributed by atoms with E-state index in [9.17, 15) is 19.5 Å². The molecule has 2 aromatic rings. The summed E-state index contributed by atoms with van der Waals surface area (Å²) >= 11 is 0. The van der Waals surface area contributed by atoms with E-state index in [-0.39, 0.29) is 18.1 Å². The van der Waals surface area contributed by atoms with Crippen LogP contribution < -0.4 is 21.1 Å². The lowest BCUT2D eigenvalue weighted by molar-refractivity contribution is -0.148. The number of benzene rings is 2. The maximum atomic E-state index is 13.5. The number of carbonyl (C=O) groups excluding carboxylic acids is 2. The zero-order valence-electron chi connectivity index (χ0n) is 18.1. The summed E-state index contributed by atoms with van der Waals surface area (Å²) in [5.41, 5.74) is 7.73. The smallest absolute Gasteiger partial charge is 0.308 e. The number of Topliss-reactive ketones (excluding diaryl/α,β-unsaturated/α-hetero) is 1. The average Bonchev–Trinajstić information content (AvgIpc) is 3.35. The number of hydrogen-bond donors (Lipinski definition) is 4. The Balaban J connectivity index is 1.32. The molecule has 33 heavy (non-hydrogen) atoms. The van der Waals surface area contributed by atoms with Gasteiger partial charge in [-0.05, 0) is 47.6 Å². The molecule has 0 bridgehead atoms. The molecule has 5 N–H and O–H groups in total. The first-order chi connectivity index (χ1) is 15.9. The van der Waals surface area contributed by atoms with Gasteiger partial charge in [0.1, 0.15) is 12.4 Å². The number of piperidine rings is 1. The Morgan fingerprint density at radius 1 is 1.12 bits per heavy atom. The Bertz CT molecular complexity index is 1100. The summed E-state index contributed by atoms with van der Waals surface area (Å²) in [5, 5.41) is 16.3. The van der Waals surface area contributed by atoms with Crippen LogP contribution in [0.2, 0.25) is 0 Å². The first kappa shape index (κ1) is 21.5. The number of hydrogen-bond acceptors (Lipinski definition) is 6. The van der Waals surface area contributed by atoms with E-state index in [0.29, 0.717) is 31.9 Å². The fraction of sp³-hybridized carbons (Fsp3) is 0.400. The zero-order chi connectivity index (χ0) is 23.2. The Labute approximate surface area is 191 Å². The van der Waals surface area contributed by atoms with Crippen molar-refractivity contribution in [2.45, 2.75) is 31.4 Å². The summed E-state index contributed by atoms with van der Waals surface area (Å²) in [6.07, 6.45) is 0.864. The second-order valence-electron chi connectivity index (χ2n) is 9.39. The monoisotopic (exact) mass is 449 g/mol. The number of ether oxygens (including phenoxy) is 1. The van der Waals surface area contributed by atoms with Crippen LogP contribution in [-0.4, -0.2) is 41.9 Å². The van der Waals surface area contributed by atoms with Gasteiger partial charge < -0.3 is 26.2 Å². The van der Waals surface area contributed by atoms with Gasteiger partial charge in [0.15, 0.2) is 5.78 Å². The summed E-state index contributed by atoms with van der Waals surface area (Å²) in [6.45, 7) is 1.25. The van der Waals surface area contributed by atoms with E-state index >= 15 is 0 Å². The number of carboxylic acids is 1. The molecule has 2 fully saturated rings. The average molecular weight is 450 g/mol. The predicted molar refractivity (Wildman–Crippen MR) is 121 cm³/mol. The summed E-state index contributed by atoms with van der Waals surface area (Å²) in [7, 11) is 0. The van der Waals surface area contributed by atoms with Gasteiger partial charge in [-0.3, -0.25) is 14.4 Å². The SMILES string of the molecule is NC(=O)C1CC12CNC(C(=O)C1CNc3ccc(OCc4ccccc4)cc31)C(C(=O)O)C2. The third-order valence-electron chi connectivity index (χ3n) is 7.35. The lowest BCUT2D eigenvalue weighted by Crippen LogP contribution is -2.55. The number of anilines is 1. The Hall–Kier alpha value is -3.39. The van der Waals surface area contributed by atoms with Crippen molar-refractivity contribution in [2.75, 3.05) is 18.4 Å². The number of ketones is 1. The molecule has 1 amide bonds. The van der Waals surface area contributed by atoms with Gasteiger partial charge in [-0.2, -0.15) is 0 Å². The number of aliphatic carboxylic acids is 1. The molecule has 1 saturated carbocycles. The van der Waals surface area contributed by atoms with E-state index in [2.05, 4.69) is 10.6 Å². The first-order valence-electron chi connectivity index (χ1n) is 11.2. The van der Waals surface area contributed by atoms with Gasteiger partial charge in [0.25, 0.3) is 0 Å². The highest BCUT2D eigenvalue weighted by Crippen LogP contribution is 2.58. The highest BCUT2D eigenvalue weighted by Gasteiger charge is 2.62. The summed E-state index contributed by atoms with van der Waals surface area (Å²) in [5.74, 6) is -2.60. The molecular formula is C25H27N3O5. The third-order valence-corrected chi connectivity index (χ3v) is 7.35. The Kier molecular flexibility index (Phi) is 5.32. The molecule has 0 radical (unpaired) electrons. The van der Waals surface area contributed by atoms with Crippen LogP contribution in [0.15, 0.2) is 48.5 Å². The van der Waals surface area contributed by atoms with Crippen LogP contribution in [0.5, 0.6) is 5.75 Å². The van der Waals surface area contributed by atoms with Gasteiger partial charge in [0.2, 0.25) is 5.91 Å². The first-order valence-corrected chi connectivity index (χ1v) is 11.2. The van der Waals surface area contributed by atoms with Crippen molar-refractivity contribution in [3.8, 4) is 5.75 Å². The van der Waals surface area contributed by atoms with E-state index in [1.165, 1.54) is 0 Å².